The SMILES string of the molecule is CC(C)(CBr)CCOc1ccc(Br)cc1. The van der Waals surface area contributed by atoms with Gasteiger partial charge in [-0.1, -0.05) is 45.7 Å². The average Bonchev–Trinajstić information content (AvgIpc) is 2.21. The van der Waals surface area contributed by atoms with Gasteiger partial charge in [-0.25, -0.2) is 0 Å². The number of hydrogen-bond acceptors (Lipinski definition) is 1. The van der Waals surface area contributed by atoms with Gasteiger partial charge in [0, 0.05) is 9.80 Å². The molecule has 3 heteroatoms. The van der Waals surface area contributed by atoms with Gasteiger partial charge < -0.3 is 4.74 Å². The zero-order valence-electron chi connectivity index (χ0n) is 9.09. The summed E-state index contributed by atoms with van der Waals surface area (Å²) in [4.78, 5) is 0. The summed E-state index contributed by atoms with van der Waals surface area (Å²) < 4.78 is 6.74. The van der Waals surface area contributed by atoms with E-state index in [1.807, 2.05) is 24.3 Å². The molecule has 0 N–H and O–H groups in total. The van der Waals surface area contributed by atoms with E-state index >= 15 is 0 Å². The lowest BCUT2D eigenvalue weighted by Gasteiger charge is -2.21. The van der Waals surface area contributed by atoms with Crippen LogP contribution in [0.4, 0.5) is 0 Å². The van der Waals surface area contributed by atoms with Crippen LogP contribution in [0.3, 0.4) is 0 Å². The molecule has 0 aliphatic rings. The Bertz CT molecular complexity index is 293. The highest BCUT2D eigenvalue weighted by atomic mass is 79.9. The first-order chi connectivity index (χ1) is 7.03. The van der Waals surface area contributed by atoms with Gasteiger partial charge in [0.15, 0.2) is 0 Å². The van der Waals surface area contributed by atoms with Crippen molar-refractivity contribution in [3.05, 3.63) is 28.7 Å². The molecule has 1 aromatic carbocycles. The quantitative estimate of drug-likeness (QED) is 0.712. The van der Waals surface area contributed by atoms with E-state index < -0.39 is 0 Å². The summed E-state index contributed by atoms with van der Waals surface area (Å²) in [7, 11) is 0. The van der Waals surface area contributed by atoms with Crippen LogP contribution in [0.25, 0.3) is 0 Å². The van der Waals surface area contributed by atoms with E-state index in [0.717, 1.165) is 28.6 Å². The highest BCUT2D eigenvalue weighted by Crippen LogP contribution is 2.23. The van der Waals surface area contributed by atoms with Crippen molar-refractivity contribution >= 4 is 31.9 Å². The molecule has 0 aliphatic carbocycles. The molecule has 0 amide bonds. The van der Waals surface area contributed by atoms with Crippen molar-refractivity contribution < 1.29 is 4.74 Å². The molecule has 0 unspecified atom stereocenters. The topological polar surface area (TPSA) is 9.23 Å². The minimum absolute atomic E-state index is 0.301. The Hall–Kier alpha value is -0.0200. The number of hydrogen-bond donors (Lipinski definition) is 0. The average molecular weight is 336 g/mol. The van der Waals surface area contributed by atoms with Crippen molar-refractivity contribution in [3.63, 3.8) is 0 Å². The molecular weight excluding hydrogens is 320 g/mol. The van der Waals surface area contributed by atoms with Crippen LogP contribution in [-0.2, 0) is 0 Å². The molecule has 1 aromatic rings. The summed E-state index contributed by atoms with van der Waals surface area (Å²) in [6, 6.07) is 7.94. The highest BCUT2D eigenvalue weighted by molar-refractivity contribution is 9.10. The zero-order chi connectivity index (χ0) is 11.3. The molecule has 0 aromatic heterocycles. The minimum Gasteiger partial charge on any atom is -0.494 e. The summed E-state index contributed by atoms with van der Waals surface area (Å²) in [5.74, 6) is 0.934. The molecule has 0 radical (unpaired) electrons. The molecule has 0 aliphatic heterocycles. The Morgan fingerprint density at radius 1 is 1.20 bits per heavy atom. The molecule has 1 nitrogen and oxygen atoms in total. The first-order valence-corrected chi connectivity index (χ1v) is 6.89. The van der Waals surface area contributed by atoms with Crippen molar-refractivity contribution in [3.8, 4) is 5.75 Å². The normalized spacial score (nSPS) is 11.5. The molecule has 1 rings (SSSR count). The van der Waals surface area contributed by atoms with Gasteiger partial charge in [-0.3, -0.25) is 0 Å². The number of halogens is 2. The van der Waals surface area contributed by atoms with Crippen molar-refractivity contribution in [2.24, 2.45) is 5.41 Å². The molecule has 0 heterocycles. The van der Waals surface area contributed by atoms with E-state index in [-0.39, 0.29) is 0 Å². The van der Waals surface area contributed by atoms with Gasteiger partial charge in [-0.15, -0.1) is 0 Å². The van der Waals surface area contributed by atoms with Crippen molar-refractivity contribution in [1.82, 2.24) is 0 Å². The first kappa shape index (κ1) is 13.0. The fourth-order valence-corrected chi connectivity index (χ4v) is 1.59. The zero-order valence-corrected chi connectivity index (χ0v) is 12.3. The Kier molecular flexibility index (Phi) is 5.13. The molecule has 84 valence electrons. The van der Waals surface area contributed by atoms with Gasteiger partial charge in [0.25, 0.3) is 0 Å². The van der Waals surface area contributed by atoms with Gasteiger partial charge in [-0.05, 0) is 36.1 Å². The van der Waals surface area contributed by atoms with Crippen LogP contribution in [0, 0.1) is 5.41 Å². The maximum Gasteiger partial charge on any atom is 0.119 e. The number of ether oxygens (including phenoxy) is 1. The predicted octanol–water partition coefficient (Wildman–Crippen LogP) is 4.64. The van der Waals surface area contributed by atoms with Gasteiger partial charge in [0.1, 0.15) is 5.75 Å². The second-order valence-corrected chi connectivity index (χ2v) is 5.83. The summed E-state index contributed by atoms with van der Waals surface area (Å²) in [5, 5.41) is 1.00. The Balaban J connectivity index is 2.35. The molecule has 15 heavy (non-hydrogen) atoms. The van der Waals surface area contributed by atoms with Crippen LogP contribution in [-0.4, -0.2) is 11.9 Å². The fraction of sp³-hybridized carbons (Fsp3) is 0.500. The minimum atomic E-state index is 0.301. The molecule has 0 saturated heterocycles. The van der Waals surface area contributed by atoms with Crippen molar-refractivity contribution in [2.45, 2.75) is 20.3 Å². The maximum atomic E-state index is 5.66. The maximum absolute atomic E-state index is 5.66. The van der Waals surface area contributed by atoms with Crippen LogP contribution >= 0.6 is 31.9 Å². The summed E-state index contributed by atoms with van der Waals surface area (Å²) >= 11 is 6.90. The fourth-order valence-electron chi connectivity index (χ4n) is 1.04. The van der Waals surface area contributed by atoms with Gasteiger partial charge >= 0.3 is 0 Å². The summed E-state index contributed by atoms with van der Waals surface area (Å²) in [6.07, 6.45) is 1.05. The monoisotopic (exact) mass is 334 g/mol. The van der Waals surface area contributed by atoms with Gasteiger partial charge in [0.05, 0.1) is 6.61 Å². The third kappa shape index (κ3) is 5.03. The summed E-state index contributed by atoms with van der Waals surface area (Å²) in [6.45, 7) is 5.22. The Morgan fingerprint density at radius 2 is 1.80 bits per heavy atom. The van der Waals surface area contributed by atoms with Crippen LogP contribution in [0.2, 0.25) is 0 Å². The number of benzene rings is 1. The highest BCUT2D eigenvalue weighted by Gasteiger charge is 2.15. The first-order valence-electron chi connectivity index (χ1n) is 4.98. The van der Waals surface area contributed by atoms with Crippen LogP contribution < -0.4 is 4.74 Å². The lowest BCUT2D eigenvalue weighted by molar-refractivity contribution is 0.247. The Labute approximate surface area is 108 Å². The lowest BCUT2D eigenvalue weighted by atomic mass is 9.93. The lowest BCUT2D eigenvalue weighted by Crippen LogP contribution is -2.17. The van der Waals surface area contributed by atoms with E-state index in [4.69, 9.17) is 4.74 Å². The van der Waals surface area contributed by atoms with E-state index in [0.29, 0.717) is 5.41 Å². The number of alkyl halides is 1. The van der Waals surface area contributed by atoms with Crippen LogP contribution in [0.5, 0.6) is 5.75 Å². The number of rotatable bonds is 5. The molecule has 0 atom stereocenters. The van der Waals surface area contributed by atoms with E-state index in [1.165, 1.54) is 0 Å². The van der Waals surface area contributed by atoms with Crippen LogP contribution in [0.1, 0.15) is 20.3 Å². The predicted molar refractivity (Wildman–Crippen MR) is 71.8 cm³/mol. The van der Waals surface area contributed by atoms with E-state index in [9.17, 15) is 0 Å². The molecular formula is C12H16Br2O. The molecule has 0 spiro atoms. The smallest absolute Gasteiger partial charge is 0.119 e. The largest absolute Gasteiger partial charge is 0.494 e. The molecule has 0 bridgehead atoms. The van der Waals surface area contributed by atoms with Gasteiger partial charge in [0.2, 0.25) is 0 Å². The van der Waals surface area contributed by atoms with E-state index in [2.05, 4.69) is 45.7 Å². The molecule has 0 fully saturated rings. The second-order valence-electron chi connectivity index (χ2n) is 4.35. The third-order valence-electron chi connectivity index (χ3n) is 2.22. The van der Waals surface area contributed by atoms with E-state index in [1.54, 1.807) is 0 Å². The second kappa shape index (κ2) is 5.90. The Morgan fingerprint density at radius 3 is 2.33 bits per heavy atom. The molecule has 0 saturated carbocycles. The third-order valence-corrected chi connectivity index (χ3v) is 4.27. The standard InChI is InChI=1S/C12H16Br2O/c1-12(2,9-13)7-8-15-11-5-3-10(14)4-6-11/h3-6H,7-9H2,1-2H3. The summed E-state index contributed by atoms with van der Waals surface area (Å²) in [5.41, 5.74) is 0.301. The van der Waals surface area contributed by atoms with Gasteiger partial charge in [-0.2, -0.15) is 0 Å². The van der Waals surface area contributed by atoms with Crippen molar-refractivity contribution in [1.29, 1.82) is 0 Å². The van der Waals surface area contributed by atoms with Crippen LogP contribution in [0.15, 0.2) is 28.7 Å². The van der Waals surface area contributed by atoms with Crippen molar-refractivity contribution in [2.75, 3.05) is 11.9 Å².